The van der Waals surface area contributed by atoms with E-state index in [9.17, 15) is 8.78 Å². The maximum Gasteiger partial charge on any atom is 0.160 e. The average molecular weight is 750 g/mol. The van der Waals surface area contributed by atoms with Crippen molar-refractivity contribution in [2.75, 3.05) is 4.90 Å². The van der Waals surface area contributed by atoms with Crippen LogP contribution in [0.5, 0.6) is 0 Å². The highest BCUT2D eigenvalue weighted by atomic mass is 19.1. The molecule has 0 N–H and O–H groups in total. The first-order valence-electron chi connectivity index (χ1n) is 19.4. The lowest BCUT2D eigenvalue weighted by Gasteiger charge is -2.45. The van der Waals surface area contributed by atoms with Crippen LogP contribution >= 0.6 is 0 Å². The Kier molecular flexibility index (Phi) is 7.76. The van der Waals surface area contributed by atoms with Crippen LogP contribution in [0.2, 0.25) is 0 Å². The second-order valence-electron chi connectivity index (χ2n) is 14.8. The summed E-state index contributed by atoms with van der Waals surface area (Å²) in [6.45, 7) is 0. The van der Waals surface area contributed by atoms with E-state index in [1.165, 1.54) is 57.6 Å². The van der Waals surface area contributed by atoms with Crippen LogP contribution in [0.25, 0.3) is 56.2 Å². The minimum atomic E-state index is -0.575. The molecule has 0 saturated carbocycles. The Morgan fingerprint density at radius 3 is 1.50 bits per heavy atom. The Hall–Kier alpha value is -7.50. The van der Waals surface area contributed by atoms with Crippen molar-refractivity contribution in [3.63, 3.8) is 0 Å². The second kappa shape index (κ2) is 13.3. The number of anilines is 3. The molecule has 8 aromatic carbocycles. The Morgan fingerprint density at radius 2 is 0.862 bits per heavy atom. The van der Waals surface area contributed by atoms with Gasteiger partial charge in [0.1, 0.15) is 11.6 Å². The zero-order valence-corrected chi connectivity index (χ0v) is 31.2. The normalized spacial score (nSPS) is 13.1. The number of para-hydroxylation sites is 3. The summed E-state index contributed by atoms with van der Waals surface area (Å²) in [6, 6.07) is 66.7. The molecular formula is C53H33F2N3. The molecule has 0 amide bonds. The quantitative estimate of drug-likeness (QED) is 0.175. The topological polar surface area (TPSA) is 29.0 Å². The van der Waals surface area contributed by atoms with Crippen molar-refractivity contribution in [3.05, 3.63) is 234 Å². The van der Waals surface area contributed by atoms with E-state index in [0.29, 0.717) is 17.2 Å². The molecule has 0 unspecified atom stereocenters. The number of fused-ring (bicyclic) bond motifs is 9. The minimum Gasteiger partial charge on any atom is -0.310 e. The third kappa shape index (κ3) is 5.24. The average Bonchev–Trinajstić information content (AvgIpc) is 3.57. The highest BCUT2D eigenvalue weighted by Crippen LogP contribution is 2.63. The van der Waals surface area contributed by atoms with Gasteiger partial charge in [-0.2, -0.15) is 0 Å². The lowest BCUT2D eigenvalue weighted by atomic mass is 9.64. The van der Waals surface area contributed by atoms with Gasteiger partial charge in [-0.3, -0.25) is 0 Å². The molecule has 0 radical (unpaired) electrons. The molecule has 0 saturated heterocycles. The maximum atomic E-state index is 14.0. The fourth-order valence-electron chi connectivity index (χ4n) is 9.09. The summed E-state index contributed by atoms with van der Waals surface area (Å²) < 4.78 is 28.0. The molecule has 3 nitrogen and oxygen atoms in total. The third-order valence-electron chi connectivity index (χ3n) is 11.6. The molecule has 1 spiro atoms. The Balaban J connectivity index is 1.10. The lowest BCUT2D eigenvalue weighted by Crippen LogP contribution is -2.36. The van der Waals surface area contributed by atoms with Crippen molar-refractivity contribution >= 4 is 17.1 Å². The van der Waals surface area contributed by atoms with E-state index in [-0.39, 0.29) is 11.6 Å². The molecule has 1 aliphatic carbocycles. The largest absolute Gasteiger partial charge is 0.310 e. The predicted molar refractivity (Wildman–Crippen MR) is 229 cm³/mol. The first-order chi connectivity index (χ1) is 28.6. The fourth-order valence-corrected chi connectivity index (χ4v) is 9.09. The van der Waals surface area contributed by atoms with Gasteiger partial charge in [0, 0.05) is 22.4 Å². The molecule has 274 valence electrons. The van der Waals surface area contributed by atoms with Crippen LogP contribution < -0.4 is 4.90 Å². The molecule has 1 aliphatic heterocycles. The van der Waals surface area contributed by atoms with Crippen molar-refractivity contribution in [2.24, 2.45) is 0 Å². The molecule has 0 bridgehead atoms. The van der Waals surface area contributed by atoms with Gasteiger partial charge in [0.2, 0.25) is 0 Å². The van der Waals surface area contributed by atoms with E-state index in [4.69, 9.17) is 9.97 Å². The third-order valence-corrected chi connectivity index (χ3v) is 11.6. The van der Waals surface area contributed by atoms with E-state index in [0.717, 1.165) is 44.9 Å². The Bertz CT molecular complexity index is 2920. The molecule has 11 rings (SSSR count). The molecule has 0 atom stereocenters. The maximum absolute atomic E-state index is 14.0. The Labute approximate surface area is 335 Å². The lowest BCUT2D eigenvalue weighted by molar-refractivity contribution is 0.627. The number of hydrogen-bond donors (Lipinski definition) is 0. The summed E-state index contributed by atoms with van der Waals surface area (Å²) in [5, 5.41) is 0. The van der Waals surface area contributed by atoms with E-state index >= 15 is 0 Å². The van der Waals surface area contributed by atoms with Crippen molar-refractivity contribution in [1.29, 1.82) is 0 Å². The number of aromatic nitrogens is 2. The van der Waals surface area contributed by atoms with Gasteiger partial charge in [-0.15, -0.1) is 0 Å². The van der Waals surface area contributed by atoms with Gasteiger partial charge in [-0.1, -0.05) is 109 Å². The van der Waals surface area contributed by atoms with Crippen LogP contribution in [-0.2, 0) is 5.41 Å². The van der Waals surface area contributed by atoms with Gasteiger partial charge in [0.15, 0.2) is 5.82 Å². The molecule has 9 aromatic rings. The smallest absolute Gasteiger partial charge is 0.160 e. The molecule has 1 aromatic heterocycles. The number of halogens is 2. The number of benzene rings is 8. The second-order valence-corrected chi connectivity index (χ2v) is 14.8. The van der Waals surface area contributed by atoms with Gasteiger partial charge in [-0.05, 0) is 136 Å². The van der Waals surface area contributed by atoms with Crippen molar-refractivity contribution in [2.45, 2.75) is 5.41 Å². The minimum absolute atomic E-state index is 0.322. The number of hydrogen-bond acceptors (Lipinski definition) is 3. The summed E-state index contributed by atoms with van der Waals surface area (Å²) in [5.41, 5.74) is 16.0. The van der Waals surface area contributed by atoms with Gasteiger partial charge in [0.05, 0.1) is 28.2 Å². The van der Waals surface area contributed by atoms with Gasteiger partial charge in [-0.25, -0.2) is 18.7 Å². The van der Waals surface area contributed by atoms with E-state index in [1.807, 2.05) is 18.2 Å². The molecular weight excluding hydrogens is 717 g/mol. The summed E-state index contributed by atoms with van der Waals surface area (Å²) >= 11 is 0. The van der Waals surface area contributed by atoms with Crippen LogP contribution in [0.15, 0.2) is 200 Å². The van der Waals surface area contributed by atoms with Crippen LogP contribution in [0.4, 0.5) is 25.8 Å². The SMILES string of the molecule is Fc1ccc(-c2cc(-c3ccc(F)cc3)nc(-c3cccc(-c4ccc5c(c4)C4(c6ccccc6-5)c5ccccc5N(c5ccccc5)c5ccccc54)c3)n2)cc1. The van der Waals surface area contributed by atoms with Crippen LogP contribution in [0, 0.1) is 11.6 Å². The summed E-state index contributed by atoms with van der Waals surface area (Å²) in [6.07, 6.45) is 0. The zero-order valence-electron chi connectivity index (χ0n) is 31.2. The fraction of sp³-hybridized carbons (Fsp3) is 0.0189. The molecule has 2 heterocycles. The highest BCUT2D eigenvalue weighted by Gasteiger charge is 2.51. The zero-order chi connectivity index (χ0) is 38.8. The summed E-state index contributed by atoms with van der Waals surface area (Å²) in [7, 11) is 0. The predicted octanol–water partition coefficient (Wildman–Crippen LogP) is 13.6. The van der Waals surface area contributed by atoms with Gasteiger partial charge in [0.25, 0.3) is 0 Å². The van der Waals surface area contributed by atoms with E-state index in [2.05, 4.69) is 138 Å². The van der Waals surface area contributed by atoms with Crippen LogP contribution in [0.1, 0.15) is 22.3 Å². The van der Waals surface area contributed by atoms with Gasteiger partial charge < -0.3 is 4.90 Å². The Morgan fingerprint density at radius 1 is 0.362 bits per heavy atom. The van der Waals surface area contributed by atoms with Crippen molar-refractivity contribution < 1.29 is 8.78 Å². The van der Waals surface area contributed by atoms with E-state index < -0.39 is 5.41 Å². The summed E-state index contributed by atoms with van der Waals surface area (Å²) in [4.78, 5) is 12.4. The standard InChI is InChI=1S/C53H33F2N3/c54-39-26-21-34(22-27-39)48-33-49(35-23-28-40(55)29-24-35)57-52(56-48)38-12-10-11-36(31-38)37-25-30-43-42-15-4-5-16-44(42)53(47(43)32-37)45-17-6-8-19-50(45)58(41-13-2-1-3-14-41)51-20-9-7-18-46(51)53/h1-33H. The summed E-state index contributed by atoms with van der Waals surface area (Å²) in [5.74, 6) is -0.126. The molecule has 5 heteroatoms. The number of nitrogens with zero attached hydrogens (tertiary/aromatic N) is 3. The van der Waals surface area contributed by atoms with Crippen LogP contribution in [-0.4, -0.2) is 9.97 Å². The number of rotatable bonds is 5. The molecule has 0 fully saturated rings. The molecule has 58 heavy (non-hydrogen) atoms. The van der Waals surface area contributed by atoms with Crippen molar-refractivity contribution in [3.8, 4) is 56.2 Å². The highest BCUT2D eigenvalue weighted by molar-refractivity contribution is 5.96. The van der Waals surface area contributed by atoms with Gasteiger partial charge >= 0.3 is 0 Å². The van der Waals surface area contributed by atoms with Crippen LogP contribution in [0.3, 0.4) is 0 Å². The van der Waals surface area contributed by atoms with Crippen molar-refractivity contribution in [1.82, 2.24) is 9.97 Å². The first kappa shape index (κ1) is 33.8. The monoisotopic (exact) mass is 749 g/mol. The first-order valence-corrected chi connectivity index (χ1v) is 19.4. The van der Waals surface area contributed by atoms with E-state index in [1.54, 1.807) is 24.3 Å². The molecule has 2 aliphatic rings.